The van der Waals surface area contributed by atoms with Crippen LogP contribution in [0.25, 0.3) is 0 Å². The maximum atomic E-state index is 12.0. The molecule has 1 aromatic rings. The molecule has 2 rings (SSSR count). The van der Waals surface area contributed by atoms with Crippen molar-refractivity contribution in [2.75, 3.05) is 5.33 Å². The van der Waals surface area contributed by atoms with Crippen LogP contribution in [0.3, 0.4) is 0 Å². The van der Waals surface area contributed by atoms with Gasteiger partial charge in [-0.1, -0.05) is 22.4 Å². The van der Waals surface area contributed by atoms with E-state index in [-0.39, 0.29) is 5.91 Å². The topological polar surface area (TPSA) is 29.1 Å². The molecule has 1 aromatic heterocycles. The van der Waals surface area contributed by atoms with Crippen molar-refractivity contribution in [2.24, 2.45) is 5.92 Å². The van der Waals surface area contributed by atoms with Gasteiger partial charge in [-0.3, -0.25) is 4.79 Å². The van der Waals surface area contributed by atoms with Gasteiger partial charge in [-0.2, -0.15) is 0 Å². The zero-order chi connectivity index (χ0) is 11.5. The summed E-state index contributed by atoms with van der Waals surface area (Å²) in [6, 6.07) is 2.35. The Balaban J connectivity index is 2.00. The molecule has 1 aliphatic carbocycles. The smallest absolute Gasteiger partial charge is 0.261 e. The number of rotatable bonds is 3. The van der Waals surface area contributed by atoms with Gasteiger partial charge < -0.3 is 5.32 Å². The lowest BCUT2D eigenvalue weighted by molar-refractivity contribution is 0.0934. The minimum Gasteiger partial charge on any atom is -0.348 e. The first-order chi connectivity index (χ1) is 7.72. The van der Waals surface area contributed by atoms with Crippen LogP contribution in [0.4, 0.5) is 0 Å². The number of hydrogen-bond acceptors (Lipinski definition) is 2. The van der Waals surface area contributed by atoms with Crippen LogP contribution in [0.1, 0.15) is 34.5 Å². The Labute approximate surface area is 109 Å². The van der Waals surface area contributed by atoms with Gasteiger partial charge in [0, 0.05) is 11.4 Å². The molecule has 1 amide bonds. The predicted molar refractivity (Wildman–Crippen MR) is 71.4 cm³/mol. The first kappa shape index (κ1) is 12.1. The normalized spacial score (nSPS) is 24.6. The fraction of sp³-hybridized carbons (Fsp3) is 0.583. The number of alkyl halides is 1. The van der Waals surface area contributed by atoms with E-state index in [2.05, 4.69) is 21.2 Å². The highest BCUT2D eigenvalue weighted by Gasteiger charge is 2.28. The molecule has 1 fully saturated rings. The zero-order valence-electron chi connectivity index (χ0n) is 9.33. The highest BCUT2D eigenvalue weighted by molar-refractivity contribution is 9.09. The van der Waals surface area contributed by atoms with Crippen molar-refractivity contribution in [3.8, 4) is 0 Å². The van der Waals surface area contributed by atoms with Crippen molar-refractivity contribution in [1.29, 1.82) is 0 Å². The molecule has 0 radical (unpaired) electrons. The summed E-state index contributed by atoms with van der Waals surface area (Å²) in [5.41, 5.74) is 1.08. The van der Waals surface area contributed by atoms with E-state index >= 15 is 0 Å². The minimum atomic E-state index is 0.102. The van der Waals surface area contributed by atoms with E-state index in [0.717, 1.165) is 22.2 Å². The van der Waals surface area contributed by atoms with E-state index in [1.54, 1.807) is 0 Å². The molecular weight excluding hydrogens is 286 g/mol. The van der Waals surface area contributed by atoms with E-state index in [4.69, 9.17) is 0 Å². The van der Waals surface area contributed by atoms with Gasteiger partial charge in [0.15, 0.2) is 0 Å². The van der Waals surface area contributed by atoms with E-state index in [1.165, 1.54) is 24.2 Å². The fourth-order valence-corrected chi connectivity index (χ4v) is 3.85. The molecule has 88 valence electrons. The molecule has 0 spiro atoms. The Morgan fingerprint density at radius 3 is 3.06 bits per heavy atom. The van der Waals surface area contributed by atoms with Crippen molar-refractivity contribution in [3.63, 3.8) is 0 Å². The minimum absolute atomic E-state index is 0.102. The average molecular weight is 302 g/mol. The molecule has 1 saturated carbocycles. The molecule has 1 N–H and O–H groups in total. The van der Waals surface area contributed by atoms with Crippen LogP contribution >= 0.6 is 27.3 Å². The van der Waals surface area contributed by atoms with Crippen LogP contribution in [-0.4, -0.2) is 17.3 Å². The van der Waals surface area contributed by atoms with E-state index in [9.17, 15) is 4.79 Å². The second kappa shape index (κ2) is 5.32. The van der Waals surface area contributed by atoms with Gasteiger partial charge >= 0.3 is 0 Å². The number of carbonyl (C=O) groups excluding carboxylic acids is 1. The van der Waals surface area contributed by atoms with E-state index in [0.29, 0.717) is 12.0 Å². The summed E-state index contributed by atoms with van der Waals surface area (Å²) in [4.78, 5) is 12.9. The monoisotopic (exact) mass is 301 g/mol. The van der Waals surface area contributed by atoms with Crippen molar-refractivity contribution in [1.82, 2.24) is 5.32 Å². The van der Waals surface area contributed by atoms with Crippen LogP contribution in [0.15, 0.2) is 11.4 Å². The van der Waals surface area contributed by atoms with Gasteiger partial charge in [0.1, 0.15) is 0 Å². The summed E-state index contributed by atoms with van der Waals surface area (Å²) >= 11 is 5.05. The standard InChI is InChI=1S/C12H16BrNOS/c1-8-5-6-16-11(8)12(15)14-10-4-2-3-9(10)7-13/h5-6,9-10H,2-4,7H2,1H3,(H,14,15). The van der Waals surface area contributed by atoms with Crippen LogP contribution in [-0.2, 0) is 0 Å². The number of halogens is 1. The van der Waals surface area contributed by atoms with Gasteiger partial charge in [-0.05, 0) is 42.7 Å². The van der Waals surface area contributed by atoms with E-state index < -0.39 is 0 Å². The fourth-order valence-electron chi connectivity index (χ4n) is 2.25. The van der Waals surface area contributed by atoms with Crippen LogP contribution in [0.5, 0.6) is 0 Å². The van der Waals surface area contributed by atoms with Gasteiger partial charge in [0.25, 0.3) is 5.91 Å². The molecule has 1 heterocycles. The van der Waals surface area contributed by atoms with Crippen molar-refractivity contribution >= 4 is 33.2 Å². The molecule has 0 bridgehead atoms. The Morgan fingerprint density at radius 1 is 1.62 bits per heavy atom. The predicted octanol–water partition coefficient (Wildman–Crippen LogP) is 3.35. The molecule has 0 saturated heterocycles. The largest absolute Gasteiger partial charge is 0.348 e. The Bertz CT molecular complexity index is 377. The van der Waals surface area contributed by atoms with Gasteiger partial charge in [0.2, 0.25) is 0 Å². The molecule has 1 aliphatic rings. The highest BCUT2D eigenvalue weighted by atomic mass is 79.9. The number of thiophene rings is 1. The third-order valence-corrected chi connectivity index (χ3v) is 5.09. The molecule has 2 nitrogen and oxygen atoms in total. The highest BCUT2D eigenvalue weighted by Crippen LogP contribution is 2.27. The first-order valence-corrected chi connectivity index (χ1v) is 7.63. The summed E-state index contributed by atoms with van der Waals surface area (Å²) < 4.78 is 0. The molecular formula is C12H16BrNOS. The average Bonchev–Trinajstić information content (AvgIpc) is 2.86. The Morgan fingerprint density at radius 2 is 2.44 bits per heavy atom. The molecule has 0 aliphatic heterocycles. The summed E-state index contributed by atoms with van der Waals surface area (Å²) in [5, 5.41) is 6.13. The quantitative estimate of drug-likeness (QED) is 0.852. The number of aryl methyl sites for hydroxylation is 1. The van der Waals surface area contributed by atoms with Gasteiger partial charge in [-0.25, -0.2) is 0 Å². The lowest BCUT2D eigenvalue weighted by Gasteiger charge is -2.18. The summed E-state index contributed by atoms with van der Waals surface area (Å²) in [7, 11) is 0. The molecule has 2 unspecified atom stereocenters. The number of carbonyl (C=O) groups is 1. The van der Waals surface area contributed by atoms with Gasteiger partial charge in [-0.15, -0.1) is 11.3 Å². The number of nitrogens with one attached hydrogen (secondary N) is 1. The SMILES string of the molecule is Cc1ccsc1C(=O)NC1CCCC1CBr. The first-order valence-electron chi connectivity index (χ1n) is 5.63. The molecule has 16 heavy (non-hydrogen) atoms. The number of hydrogen-bond donors (Lipinski definition) is 1. The Hall–Kier alpha value is -0.350. The van der Waals surface area contributed by atoms with Crippen molar-refractivity contribution < 1.29 is 4.79 Å². The summed E-state index contributed by atoms with van der Waals surface area (Å²) in [6.07, 6.45) is 3.57. The van der Waals surface area contributed by atoms with Crippen LogP contribution in [0.2, 0.25) is 0 Å². The van der Waals surface area contributed by atoms with E-state index in [1.807, 2.05) is 18.4 Å². The summed E-state index contributed by atoms with van der Waals surface area (Å²) in [5.74, 6) is 0.703. The molecule has 0 aromatic carbocycles. The number of amides is 1. The third kappa shape index (κ3) is 2.48. The lowest BCUT2D eigenvalue weighted by Crippen LogP contribution is -2.37. The van der Waals surface area contributed by atoms with Crippen molar-refractivity contribution in [2.45, 2.75) is 32.2 Å². The third-order valence-electron chi connectivity index (χ3n) is 3.24. The van der Waals surface area contributed by atoms with Crippen LogP contribution in [0, 0.1) is 12.8 Å². The molecule has 4 heteroatoms. The van der Waals surface area contributed by atoms with Gasteiger partial charge in [0.05, 0.1) is 4.88 Å². The Kier molecular flexibility index (Phi) is 4.03. The maximum absolute atomic E-state index is 12.0. The molecule has 2 atom stereocenters. The lowest BCUT2D eigenvalue weighted by atomic mass is 10.1. The summed E-state index contributed by atoms with van der Waals surface area (Å²) in [6.45, 7) is 1.99. The second-order valence-electron chi connectivity index (χ2n) is 4.36. The van der Waals surface area contributed by atoms with Crippen molar-refractivity contribution in [3.05, 3.63) is 21.9 Å². The second-order valence-corrected chi connectivity index (χ2v) is 5.92. The van der Waals surface area contributed by atoms with Crippen LogP contribution < -0.4 is 5.32 Å². The maximum Gasteiger partial charge on any atom is 0.261 e. The zero-order valence-corrected chi connectivity index (χ0v) is 11.7.